The molecule has 3 aromatic carbocycles. The third-order valence-electron chi connectivity index (χ3n) is 3.90. The van der Waals surface area contributed by atoms with Crippen LogP contribution in [0.1, 0.15) is 11.1 Å². The van der Waals surface area contributed by atoms with E-state index in [0.717, 1.165) is 33.3 Å². The van der Waals surface area contributed by atoms with Crippen LogP contribution in [0.15, 0.2) is 60.7 Å². The quantitative estimate of drug-likeness (QED) is 0.744. The van der Waals surface area contributed by atoms with Gasteiger partial charge in [-0.25, -0.2) is 0 Å². The molecule has 0 heterocycles. The van der Waals surface area contributed by atoms with E-state index in [2.05, 4.69) is 28.8 Å². The third-order valence-corrected chi connectivity index (χ3v) is 3.90. The largest absolute Gasteiger partial charge is 0.376 e. The molecular weight excluding hydrogens is 284 g/mol. The molecule has 0 saturated heterocycles. The summed E-state index contributed by atoms with van der Waals surface area (Å²) in [5.74, 6) is -0.0494. The number of nitrogens with one attached hydrogen (secondary N) is 2. The van der Waals surface area contributed by atoms with Gasteiger partial charge in [0.2, 0.25) is 5.91 Å². The summed E-state index contributed by atoms with van der Waals surface area (Å²) >= 11 is 0. The Balaban J connectivity index is 1.70. The number of amides is 1. The van der Waals surface area contributed by atoms with Crippen molar-refractivity contribution in [3.8, 4) is 0 Å². The molecule has 0 atom stereocenters. The SMILES string of the molecule is Cc1ccc(C)c(NC(=O)CNc2cccc3ccccc23)c1. The Morgan fingerprint density at radius 3 is 2.57 bits per heavy atom. The fourth-order valence-corrected chi connectivity index (χ4v) is 2.62. The third kappa shape index (κ3) is 3.51. The zero-order chi connectivity index (χ0) is 16.2. The molecule has 0 aliphatic rings. The number of aryl methyl sites for hydroxylation is 2. The molecule has 116 valence electrons. The summed E-state index contributed by atoms with van der Waals surface area (Å²) in [5.41, 5.74) is 4.04. The zero-order valence-corrected chi connectivity index (χ0v) is 13.4. The number of anilines is 2. The molecule has 2 N–H and O–H groups in total. The molecule has 0 bridgehead atoms. The highest BCUT2D eigenvalue weighted by Crippen LogP contribution is 2.22. The van der Waals surface area contributed by atoms with Crippen LogP contribution in [0.4, 0.5) is 11.4 Å². The van der Waals surface area contributed by atoms with Crippen molar-refractivity contribution in [2.75, 3.05) is 17.2 Å². The van der Waals surface area contributed by atoms with E-state index in [1.54, 1.807) is 0 Å². The van der Waals surface area contributed by atoms with E-state index >= 15 is 0 Å². The van der Waals surface area contributed by atoms with Crippen LogP contribution < -0.4 is 10.6 Å². The van der Waals surface area contributed by atoms with Gasteiger partial charge in [-0.3, -0.25) is 4.79 Å². The first-order chi connectivity index (χ1) is 11.1. The number of hydrogen-bond acceptors (Lipinski definition) is 2. The molecule has 0 spiro atoms. The standard InChI is InChI=1S/C20H20N2O/c1-14-10-11-15(2)19(12-14)22-20(23)13-21-18-9-5-7-16-6-3-4-8-17(16)18/h3-12,21H,13H2,1-2H3,(H,22,23). The lowest BCUT2D eigenvalue weighted by Crippen LogP contribution is -2.22. The maximum absolute atomic E-state index is 12.2. The van der Waals surface area contributed by atoms with Crippen LogP contribution in [0.25, 0.3) is 10.8 Å². The van der Waals surface area contributed by atoms with Crippen LogP contribution in [0.2, 0.25) is 0 Å². The van der Waals surface area contributed by atoms with Crippen molar-refractivity contribution in [2.45, 2.75) is 13.8 Å². The highest BCUT2D eigenvalue weighted by Gasteiger charge is 2.06. The highest BCUT2D eigenvalue weighted by molar-refractivity contribution is 5.98. The molecule has 0 unspecified atom stereocenters. The summed E-state index contributed by atoms with van der Waals surface area (Å²) in [6, 6.07) is 20.2. The number of rotatable bonds is 4. The molecule has 0 saturated carbocycles. The van der Waals surface area contributed by atoms with Crippen molar-refractivity contribution in [3.63, 3.8) is 0 Å². The normalized spacial score (nSPS) is 10.5. The van der Waals surface area contributed by atoms with Gasteiger partial charge in [-0.15, -0.1) is 0 Å². The maximum Gasteiger partial charge on any atom is 0.243 e. The molecule has 0 aliphatic carbocycles. The Bertz CT molecular complexity index is 850. The van der Waals surface area contributed by atoms with Gasteiger partial charge in [0.1, 0.15) is 0 Å². The monoisotopic (exact) mass is 304 g/mol. The predicted octanol–water partition coefficient (Wildman–Crippen LogP) is 4.51. The van der Waals surface area contributed by atoms with Crippen molar-refractivity contribution in [1.29, 1.82) is 0 Å². The zero-order valence-electron chi connectivity index (χ0n) is 13.4. The minimum atomic E-state index is -0.0494. The van der Waals surface area contributed by atoms with Crippen molar-refractivity contribution < 1.29 is 4.79 Å². The molecule has 0 aromatic heterocycles. The van der Waals surface area contributed by atoms with Crippen LogP contribution in [-0.2, 0) is 4.79 Å². The Morgan fingerprint density at radius 1 is 0.913 bits per heavy atom. The molecule has 3 rings (SSSR count). The number of hydrogen-bond donors (Lipinski definition) is 2. The molecule has 3 heteroatoms. The second-order valence-electron chi connectivity index (χ2n) is 5.75. The topological polar surface area (TPSA) is 41.1 Å². The first kappa shape index (κ1) is 15.1. The molecule has 0 aliphatic heterocycles. The fourth-order valence-electron chi connectivity index (χ4n) is 2.62. The molecule has 23 heavy (non-hydrogen) atoms. The molecule has 0 radical (unpaired) electrons. The van der Waals surface area contributed by atoms with Gasteiger partial charge in [0.25, 0.3) is 0 Å². The summed E-state index contributed by atoms with van der Waals surface area (Å²) in [6.07, 6.45) is 0. The van der Waals surface area contributed by atoms with Crippen LogP contribution in [0, 0.1) is 13.8 Å². The van der Waals surface area contributed by atoms with E-state index < -0.39 is 0 Å². The first-order valence-electron chi connectivity index (χ1n) is 7.72. The van der Waals surface area contributed by atoms with E-state index in [1.165, 1.54) is 0 Å². The smallest absolute Gasteiger partial charge is 0.243 e. The van der Waals surface area contributed by atoms with Gasteiger partial charge in [-0.2, -0.15) is 0 Å². The van der Waals surface area contributed by atoms with E-state index in [0.29, 0.717) is 0 Å². The summed E-state index contributed by atoms with van der Waals surface area (Å²) in [7, 11) is 0. The van der Waals surface area contributed by atoms with Crippen LogP contribution in [-0.4, -0.2) is 12.5 Å². The number of carbonyl (C=O) groups excluding carboxylic acids is 1. The molecular formula is C20H20N2O. The summed E-state index contributed by atoms with van der Waals surface area (Å²) in [4.78, 5) is 12.2. The lowest BCUT2D eigenvalue weighted by atomic mass is 10.1. The molecule has 1 amide bonds. The van der Waals surface area contributed by atoms with Gasteiger partial charge in [-0.1, -0.05) is 48.5 Å². The first-order valence-corrected chi connectivity index (χ1v) is 7.72. The second-order valence-corrected chi connectivity index (χ2v) is 5.75. The van der Waals surface area contributed by atoms with Crippen molar-refractivity contribution in [2.24, 2.45) is 0 Å². The second kappa shape index (κ2) is 6.53. The van der Waals surface area contributed by atoms with Gasteiger partial charge in [0.15, 0.2) is 0 Å². The predicted molar refractivity (Wildman–Crippen MR) is 97.0 cm³/mol. The van der Waals surface area contributed by atoms with E-state index in [9.17, 15) is 4.79 Å². The van der Waals surface area contributed by atoms with Gasteiger partial charge >= 0.3 is 0 Å². The average molecular weight is 304 g/mol. The average Bonchev–Trinajstić information content (AvgIpc) is 2.56. The minimum absolute atomic E-state index is 0.0494. The van der Waals surface area contributed by atoms with Gasteiger partial charge < -0.3 is 10.6 Å². The Hall–Kier alpha value is -2.81. The van der Waals surface area contributed by atoms with Crippen LogP contribution in [0.3, 0.4) is 0 Å². The maximum atomic E-state index is 12.2. The van der Waals surface area contributed by atoms with Crippen LogP contribution >= 0.6 is 0 Å². The lowest BCUT2D eigenvalue weighted by Gasteiger charge is -2.12. The minimum Gasteiger partial charge on any atom is -0.376 e. The van der Waals surface area contributed by atoms with Crippen LogP contribution in [0.5, 0.6) is 0 Å². The van der Waals surface area contributed by atoms with Gasteiger partial charge in [-0.05, 0) is 42.5 Å². The van der Waals surface area contributed by atoms with E-state index in [4.69, 9.17) is 0 Å². The molecule has 0 fully saturated rings. The summed E-state index contributed by atoms with van der Waals surface area (Å²) in [5, 5.41) is 8.48. The van der Waals surface area contributed by atoms with E-state index in [1.807, 2.05) is 56.3 Å². The van der Waals surface area contributed by atoms with Crippen molar-refractivity contribution >= 4 is 28.1 Å². The summed E-state index contributed by atoms with van der Waals surface area (Å²) in [6.45, 7) is 4.25. The fraction of sp³-hybridized carbons (Fsp3) is 0.150. The summed E-state index contributed by atoms with van der Waals surface area (Å²) < 4.78 is 0. The Labute approximate surface area is 136 Å². The van der Waals surface area contributed by atoms with Crippen molar-refractivity contribution in [3.05, 3.63) is 71.8 Å². The Morgan fingerprint density at radius 2 is 1.70 bits per heavy atom. The molecule has 3 nitrogen and oxygen atoms in total. The van der Waals surface area contributed by atoms with Crippen molar-refractivity contribution in [1.82, 2.24) is 0 Å². The van der Waals surface area contributed by atoms with Gasteiger partial charge in [0, 0.05) is 16.8 Å². The highest BCUT2D eigenvalue weighted by atomic mass is 16.1. The Kier molecular flexibility index (Phi) is 4.29. The molecule has 3 aromatic rings. The van der Waals surface area contributed by atoms with Gasteiger partial charge in [0.05, 0.1) is 6.54 Å². The number of carbonyl (C=O) groups is 1. The van der Waals surface area contributed by atoms with E-state index in [-0.39, 0.29) is 12.5 Å². The number of fused-ring (bicyclic) bond motifs is 1. The number of benzene rings is 3. The lowest BCUT2D eigenvalue weighted by molar-refractivity contribution is -0.114.